The third kappa shape index (κ3) is 4.19. The molecule has 24 heavy (non-hydrogen) atoms. The lowest BCUT2D eigenvalue weighted by molar-refractivity contribution is -0.121. The summed E-state index contributed by atoms with van der Waals surface area (Å²) >= 11 is 0. The maximum Gasteiger partial charge on any atom is 0.220 e. The predicted octanol–water partition coefficient (Wildman–Crippen LogP) is 3.70. The number of hydrogen-bond acceptors (Lipinski definition) is 3. The molecule has 3 rings (SSSR count). The van der Waals surface area contributed by atoms with Gasteiger partial charge in [0.05, 0.1) is 7.11 Å². The minimum absolute atomic E-state index is 0.0580. The highest BCUT2D eigenvalue weighted by Gasteiger charge is 2.36. The van der Waals surface area contributed by atoms with Gasteiger partial charge in [-0.1, -0.05) is 25.1 Å². The first-order valence-corrected chi connectivity index (χ1v) is 8.64. The maximum atomic E-state index is 12.0. The van der Waals surface area contributed by atoms with Gasteiger partial charge in [-0.2, -0.15) is 0 Å². The Morgan fingerprint density at radius 3 is 2.79 bits per heavy atom. The number of hydrogen-bond donors (Lipinski definition) is 1. The van der Waals surface area contributed by atoms with E-state index in [9.17, 15) is 4.79 Å². The van der Waals surface area contributed by atoms with E-state index in [1.807, 2.05) is 30.3 Å². The van der Waals surface area contributed by atoms with Crippen LogP contribution in [-0.2, 0) is 17.6 Å². The van der Waals surface area contributed by atoms with Crippen LogP contribution in [0, 0.1) is 5.92 Å². The average Bonchev–Trinajstić information content (AvgIpc) is 3.14. The number of methoxy groups -OCH3 is 1. The van der Waals surface area contributed by atoms with E-state index in [4.69, 9.17) is 9.15 Å². The first-order chi connectivity index (χ1) is 11.7. The molecule has 0 radical (unpaired) electrons. The molecule has 2 aromatic rings. The Morgan fingerprint density at radius 2 is 2.04 bits per heavy atom. The number of amides is 1. The van der Waals surface area contributed by atoms with Crippen LogP contribution in [0.2, 0.25) is 0 Å². The Morgan fingerprint density at radius 1 is 1.25 bits per heavy atom. The Bertz CT molecular complexity index is 692. The van der Waals surface area contributed by atoms with Crippen molar-refractivity contribution in [3.63, 3.8) is 0 Å². The van der Waals surface area contributed by atoms with Gasteiger partial charge in [0.2, 0.25) is 5.91 Å². The number of para-hydroxylation sites is 1. The van der Waals surface area contributed by atoms with E-state index in [2.05, 4.69) is 18.3 Å². The van der Waals surface area contributed by atoms with Crippen LogP contribution in [0.15, 0.2) is 40.8 Å². The summed E-state index contributed by atoms with van der Waals surface area (Å²) in [5, 5.41) is 2.97. The Hall–Kier alpha value is -2.23. The minimum atomic E-state index is 0.0580. The van der Waals surface area contributed by atoms with Crippen LogP contribution < -0.4 is 10.1 Å². The minimum Gasteiger partial charge on any atom is -0.496 e. The van der Waals surface area contributed by atoms with Crippen molar-refractivity contribution in [2.45, 2.75) is 38.5 Å². The summed E-state index contributed by atoms with van der Waals surface area (Å²) in [5.41, 5.74) is 1.11. The highest BCUT2D eigenvalue weighted by atomic mass is 16.5. The molecule has 0 bridgehead atoms. The molecule has 0 saturated heterocycles. The van der Waals surface area contributed by atoms with Crippen molar-refractivity contribution in [1.82, 2.24) is 5.32 Å². The molecule has 1 aromatic heterocycles. The summed E-state index contributed by atoms with van der Waals surface area (Å²) in [7, 11) is 1.66. The second-order valence-electron chi connectivity index (χ2n) is 6.54. The number of rotatable bonds is 8. The number of carbonyl (C=O) groups is 1. The van der Waals surface area contributed by atoms with Gasteiger partial charge in [-0.05, 0) is 42.5 Å². The van der Waals surface area contributed by atoms with Crippen LogP contribution in [0.5, 0.6) is 5.75 Å². The van der Waals surface area contributed by atoms with Gasteiger partial charge in [0, 0.05) is 25.3 Å². The summed E-state index contributed by atoms with van der Waals surface area (Å²) in [6, 6.07) is 11.9. The van der Waals surface area contributed by atoms with Gasteiger partial charge < -0.3 is 14.5 Å². The van der Waals surface area contributed by atoms with Gasteiger partial charge in [-0.15, -0.1) is 0 Å². The van der Waals surface area contributed by atoms with Crippen LogP contribution in [0.3, 0.4) is 0 Å². The van der Waals surface area contributed by atoms with Gasteiger partial charge in [-0.3, -0.25) is 4.79 Å². The lowest BCUT2D eigenvalue weighted by Gasteiger charge is -2.09. The predicted molar refractivity (Wildman–Crippen MR) is 93.3 cm³/mol. The summed E-state index contributed by atoms with van der Waals surface area (Å²) in [6.07, 6.45) is 3.09. The molecule has 2 atom stereocenters. The molecule has 0 spiro atoms. The van der Waals surface area contributed by atoms with Crippen molar-refractivity contribution < 1.29 is 13.9 Å². The standard InChI is InChI=1S/C20H25NO3/c1-14-13-17(14)19-9-7-16(24-19)8-10-20(22)21-12-11-15-5-3-4-6-18(15)23-2/h3-7,9,14,17H,8,10-13H2,1-2H3,(H,21,22)/t14-,17+/m0/s1. The van der Waals surface area contributed by atoms with E-state index in [0.29, 0.717) is 25.3 Å². The zero-order valence-electron chi connectivity index (χ0n) is 14.4. The van der Waals surface area contributed by atoms with E-state index in [1.54, 1.807) is 7.11 Å². The fourth-order valence-corrected chi connectivity index (χ4v) is 3.02. The van der Waals surface area contributed by atoms with E-state index >= 15 is 0 Å². The number of aryl methyl sites for hydroxylation is 1. The summed E-state index contributed by atoms with van der Waals surface area (Å²) in [6.45, 7) is 2.85. The number of benzene rings is 1. The topological polar surface area (TPSA) is 51.5 Å². The molecular weight excluding hydrogens is 302 g/mol. The van der Waals surface area contributed by atoms with Gasteiger partial charge in [0.1, 0.15) is 17.3 Å². The smallest absolute Gasteiger partial charge is 0.220 e. The normalized spacial score (nSPS) is 19.1. The molecule has 4 heteroatoms. The van der Waals surface area contributed by atoms with Crippen molar-refractivity contribution in [2.24, 2.45) is 5.92 Å². The SMILES string of the molecule is COc1ccccc1CCNC(=O)CCc1ccc([C@@H]2C[C@@H]2C)o1. The lowest BCUT2D eigenvalue weighted by Crippen LogP contribution is -2.25. The third-order valence-corrected chi connectivity index (χ3v) is 4.66. The molecule has 1 amide bonds. The van der Waals surface area contributed by atoms with Gasteiger partial charge in [0.25, 0.3) is 0 Å². The van der Waals surface area contributed by atoms with Crippen LogP contribution in [0.25, 0.3) is 0 Å². The zero-order valence-corrected chi connectivity index (χ0v) is 14.4. The van der Waals surface area contributed by atoms with Crippen LogP contribution in [0.4, 0.5) is 0 Å². The first kappa shape index (κ1) is 16.6. The van der Waals surface area contributed by atoms with Crippen LogP contribution >= 0.6 is 0 Å². The fourth-order valence-electron chi connectivity index (χ4n) is 3.02. The molecule has 1 heterocycles. The molecule has 1 aromatic carbocycles. The molecule has 1 N–H and O–H groups in total. The summed E-state index contributed by atoms with van der Waals surface area (Å²) in [4.78, 5) is 12.0. The number of furan rings is 1. The Labute approximate surface area is 143 Å². The second-order valence-corrected chi connectivity index (χ2v) is 6.54. The van der Waals surface area contributed by atoms with Gasteiger partial charge in [0.15, 0.2) is 0 Å². The van der Waals surface area contributed by atoms with Crippen molar-refractivity contribution in [2.75, 3.05) is 13.7 Å². The second kappa shape index (κ2) is 7.56. The zero-order chi connectivity index (χ0) is 16.9. The van der Waals surface area contributed by atoms with Crippen molar-refractivity contribution in [3.05, 3.63) is 53.5 Å². The summed E-state index contributed by atoms with van der Waals surface area (Å²) in [5.74, 6) is 4.24. The number of ether oxygens (including phenoxy) is 1. The molecule has 0 unspecified atom stereocenters. The highest BCUT2D eigenvalue weighted by molar-refractivity contribution is 5.76. The molecule has 128 valence electrons. The molecule has 1 aliphatic carbocycles. The number of nitrogens with one attached hydrogen (secondary N) is 1. The third-order valence-electron chi connectivity index (χ3n) is 4.66. The molecule has 1 saturated carbocycles. The Kier molecular flexibility index (Phi) is 5.24. The highest BCUT2D eigenvalue weighted by Crippen LogP contribution is 2.47. The lowest BCUT2D eigenvalue weighted by atomic mass is 10.1. The number of carbonyl (C=O) groups excluding carboxylic acids is 1. The molecule has 4 nitrogen and oxygen atoms in total. The van der Waals surface area contributed by atoms with Crippen molar-refractivity contribution >= 4 is 5.91 Å². The molecule has 1 fully saturated rings. The van der Waals surface area contributed by atoms with E-state index in [0.717, 1.165) is 35.2 Å². The maximum absolute atomic E-state index is 12.0. The average molecular weight is 327 g/mol. The van der Waals surface area contributed by atoms with Crippen molar-refractivity contribution in [3.8, 4) is 5.75 Å². The molecule has 1 aliphatic rings. The van der Waals surface area contributed by atoms with Crippen molar-refractivity contribution in [1.29, 1.82) is 0 Å². The van der Waals surface area contributed by atoms with E-state index < -0.39 is 0 Å². The van der Waals surface area contributed by atoms with E-state index in [1.165, 1.54) is 6.42 Å². The van der Waals surface area contributed by atoms with E-state index in [-0.39, 0.29) is 5.91 Å². The van der Waals surface area contributed by atoms with Gasteiger partial charge >= 0.3 is 0 Å². The Balaban J connectivity index is 1.39. The fraction of sp³-hybridized carbons (Fsp3) is 0.450. The largest absolute Gasteiger partial charge is 0.496 e. The quantitative estimate of drug-likeness (QED) is 0.804. The molecular formula is C20H25NO3. The first-order valence-electron chi connectivity index (χ1n) is 8.64. The van der Waals surface area contributed by atoms with Crippen LogP contribution in [-0.4, -0.2) is 19.6 Å². The molecule has 0 aliphatic heterocycles. The summed E-state index contributed by atoms with van der Waals surface area (Å²) < 4.78 is 11.2. The van der Waals surface area contributed by atoms with Gasteiger partial charge in [-0.25, -0.2) is 0 Å². The van der Waals surface area contributed by atoms with Crippen LogP contribution in [0.1, 0.15) is 42.8 Å². The monoisotopic (exact) mass is 327 g/mol.